The molecule has 2 aromatic heterocycles. The van der Waals surface area contributed by atoms with Crippen molar-refractivity contribution in [3.8, 4) is 5.95 Å². The fraction of sp³-hybridized carbons (Fsp3) is 0.571. The summed E-state index contributed by atoms with van der Waals surface area (Å²) in [4.78, 5) is 17.4. The molecule has 0 radical (unpaired) electrons. The molecule has 3 rings (SSSR count). The van der Waals surface area contributed by atoms with Gasteiger partial charge in [0.2, 0.25) is 17.8 Å². The van der Waals surface area contributed by atoms with Crippen molar-refractivity contribution in [2.75, 3.05) is 23.7 Å². The lowest BCUT2D eigenvalue weighted by Gasteiger charge is -2.25. The lowest BCUT2D eigenvalue weighted by molar-refractivity contribution is 0.333. The first kappa shape index (κ1) is 13.8. The van der Waals surface area contributed by atoms with Crippen molar-refractivity contribution in [3.05, 3.63) is 18.7 Å². The Bertz CT molecular complexity index is 563. The first-order valence-electron chi connectivity index (χ1n) is 7.57. The highest BCUT2D eigenvalue weighted by Gasteiger charge is 2.17. The molecule has 21 heavy (non-hydrogen) atoms. The van der Waals surface area contributed by atoms with Crippen LogP contribution in [0, 0.1) is 5.92 Å². The predicted octanol–water partition coefficient (Wildman–Crippen LogP) is 2.09. The van der Waals surface area contributed by atoms with E-state index in [-0.39, 0.29) is 0 Å². The van der Waals surface area contributed by atoms with Gasteiger partial charge in [-0.15, -0.1) is 0 Å². The Labute approximate surface area is 124 Å². The van der Waals surface area contributed by atoms with E-state index in [1.165, 1.54) is 19.3 Å². The number of aromatic nitrogens is 5. The van der Waals surface area contributed by atoms with Crippen molar-refractivity contribution < 1.29 is 0 Å². The molecule has 1 saturated carbocycles. The maximum atomic E-state index is 4.46. The third-order valence-corrected chi connectivity index (χ3v) is 3.67. The number of nitrogens with zero attached hydrogens (tertiary/aromatic N) is 5. The Balaban J connectivity index is 1.77. The van der Waals surface area contributed by atoms with Crippen molar-refractivity contribution in [2.24, 2.45) is 5.92 Å². The Kier molecular flexibility index (Phi) is 4.28. The van der Waals surface area contributed by atoms with Crippen LogP contribution in [-0.4, -0.2) is 37.6 Å². The van der Waals surface area contributed by atoms with E-state index in [2.05, 4.69) is 37.5 Å². The molecule has 0 aliphatic heterocycles. The fourth-order valence-corrected chi connectivity index (χ4v) is 2.19. The van der Waals surface area contributed by atoms with Gasteiger partial charge in [-0.3, -0.25) is 4.57 Å². The molecule has 112 valence electrons. The molecule has 2 aromatic rings. The van der Waals surface area contributed by atoms with Gasteiger partial charge in [0.1, 0.15) is 6.33 Å². The molecule has 7 nitrogen and oxygen atoms in total. The number of nitrogens with one attached hydrogen (secondary N) is 2. The molecule has 1 fully saturated rings. The molecule has 0 unspecified atom stereocenters. The molecule has 0 amide bonds. The minimum absolute atomic E-state index is 0.581. The first-order valence-corrected chi connectivity index (χ1v) is 7.57. The molecule has 0 spiro atoms. The zero-order valence-electron chi connectivity index (χ0n) is 12.3. The quantitative estimate of drug-likeness (QED) is 0.811. The largest absolute Gasteiger partial charge is 0.354 e. The van der Waals surface area contributed by atoms with Crippen LogP contribution in [0.1, 0.15) is 32.6 Å². The van der Waals surface area contributed by atoms with Crippen molar-refractivity contribution in [3.63, 3.8) is 0 Å². The normalized spacial score (nSPS) is 14.7. The number of hydrogen-bond donors (Lipinski definition) is 2. The molecule has 0 saturated heterocycles. The second-order valence-electron chi connectivity index (χ2n) is 5.36. The Hall–Kier alpha value is -2.18. The maximum absolute atomic E-state index is 4.46. The van der Waals surface area contributed by atoms with Crippen molar-refractivity contribution in [2.45, 2.75) is 32.6 Å². The Morgan fingerprint density at radius 3 is 2.62 bits per heavy atom. The van der Waals surface area contributed by atoms with Crippen LogP contribution in [-0.2, 0) is 0 Å². The predicted molar refractivity (Wildman–Crippen MR) is 81.6 cm³/mol. The molecular weight excluding hydrogens is 266 g/mol. The Morgan fingerprint density at radius 1 is 1.19 bits per heavy atom. The van der Waals surface area contributed by atoms with Gasteiger partial charge >= 0.3 is 0 Å². The van der Waals surface area contributed by atoms with Gasteiger partial charge in [0.15, 0.2) is 0 Å². The van der Waals surface area contributed by atoms with Crippen LogP contribution in [0.25, 0.3) is 5.95 Å². The van der Waals surface area contributed by atoms with Crippen LogP contribution in [0.2, 0.25) is 0 Å². The average molecular weight is 287 g/mol. The van der Waals surface area contributed by atoms with Crippen LogP contribution in [0.5, 0.6) is 0 Å². The van der Waals surface area contributed by atoms with E-state index in [1.807, 2.05) is 6.20 Å². The fourth-order valence-electron chi connectivity index (χ4n) is 2.19. The third kappa shape index (κ3) is 3.48. The maximum Gasteiger partial charge on any atom is 0.241 e. The highest BCUT2D eigenvalue weighted by atomic mass is 15.3. The Morgan fingerprint density at radius 2 is 2.00 bits per heavy atom. The minimum Gasteiger partial charge on any atom is -0.354 e. The smallest absolute Gasteiger partial charge is 0.241 e. The molecule has 0 atom stereocenters. The van der Waals surface area contributed by atoms with Crippen LogP contribution in [0.4, 0.5) is 11.9 Å². The zero-order valence-corrected chi connectivity index (χ0v) is 12.3. The van der Waals surface area contributed by atoms with Gasteiger partial charge < -0.3 is 10.6 Å². The summed E-state index contributed by atoms with van der Waals surface area (Å²) < 4.78 is 1.79. The van der Waals surface area contributed by atoms with Gasteiger partial charge in [-0.25, -0.2) is 4.98 Å². The standard InChI is InChI=1S/C14H21N7/c1-2-6-16-12-18-13(17-9-11-4-3-5-11)20-14(19-12)21-8-7-15-10-21/h7-8,10-11H,2-6,9H2,1H3,(H2,16,17,18,19,20). The van der Waals surface area contributed by atoms with E-state index < -0.39 is 0 Å². The van der Waals surface area contributed by atoms with Crippen LogP contribution >= 0.6 is 0 Å². The second-order valence-corrected chi connectivity index (χ2v) is 5.36. The molecular formula is C14H21N7. The lowest BCUT2D eigenvalue weighted by atomic mass is 9.85. The summed E-state index contributed by atoms with van der Waals surface area (Å²) in [6, 6.07) is 0. The monoisotopic (exact) mass is 287 g/mol. The molecule has 2 heterocycles. The number of anilines is 2. The molecule has 0 bridgehead atoms. The van der Waals surface area contributed by atoms with Crippen molar-refractivity contribution in [1.82, 2.24) is 24.5 Å². The molecule has 0 aromatic carbocycles. The van der Waals surface area contributed by atoms with Crippen molar-refractivity contribution >= 4 is 11.9 Å². The number of hydrogen-bond acceptors (Lipinski definition) is 6. The minimum atomic E-state index is 0.581. The highest BCUT2D eigenvalue weighted by molar-refractivity contribution is 5.38. The number of rotatable bonds is 7. The van der Waals surface area contributed by atoms with Gasteiger partial charge in [0.25, 0.3) is 0 Å². The third-order valence-electron chi connectivity index (χ3n) is 3.67. The van der Waals surface area contributed by atoms with Crippen molar-refractivity contribution in [1.29, 1.82) is 0 Å². The van der Waals surface area contributed by atoms with E-state index in [0.29, 0.717) is 17.8 Å². The van der Waals surface area contributed by atoms with Crippen LogP contribution in [0.15, 0.2) is 18.7 Å². The van der Waals surface area contributed by atoms with Gasteiger partial charge in [0.05, 0.1) is 0 Å². The molecule has 7 heteroatoms. The first-order chi connectivity index (χ1) is 10.3. The van der Waals surface area contributed by atoms with Crippen LogP contribution < -0.4 is 10.6 Å². The summed E-state index contributed by atoms with van der Waals surface area (Å²) in [6.07, 6.45) is 10.2. The van der Waals surface area contributed by atoms with E-state index >= 15 is 0 Å². The summed E-state index contributed by atoms with van der Waals surface area (Å²) >= 11 is 0. The molecule has 2 N–H and O–H groups in total. The SMILES string of the molecule is CCCNc1nc(NCC2CCC2)nc(-n2ccnc2)n1. The lowest BCUT2D eigenvalue weighted by Crippen LogP contribution is -2.22. The number of imidazole rings is 1. The summed E-state index contributed by atoms with van der Waals surface area (Å²) in [7, 11) is 0. The molecule has 1 aliphatic rings. The highest BCUT2D eigenvalue weighted by Crippen LogP contribution is 2.26. The molecule has 1 aliphatic carbocycles. The van der Waals surface area contributed by atoms with Crippen LogP contribution in [0.3, 0.4) is 0 Å². The van der Waals surface area contributed by atoms with Gasteiger partial charge in [-0.2, -0.15) is 15.0 Å². The van der Waals surface area contributed by atoms with E-state index in [0.717, 1.165) is 25.4 Å². The topological polar surface area (TPSA) is 80.5 Å². The van der Waals surface area contributed by atoms with Gasteiger partial charge in [-0.1, -0.05) is 13.3 Å². The average Bonchev–Trinajstić information content (AvgIpc) is 2.97. The van der Waals surface area contributed by atoms with E-state index in [1.54, 1.807) is 17.1 Å². The summed E-state index contributed by atoms with van der Waals surface area (Å²) in [5.74, 6) is 2.56. The summed E-state index contributed by atoms with van der Waals surface area (Å²) in [5.41, 5.74) is 0. The summed E-state index contributed by atoms with van der Waals surface area (Å²) in [5, 5.41) is 6.55. The van der Waals surface area contributed by atoms with E-state index in [9.17, 15) is 0 Å². The van der Waals surface area contributed by atoms with E-state index in [4.69, 9.17) is 0 Å². The second kappa shape index (κ2) is 6.51. The van der Waals surface area contributed by atoms with Gasteiger partial charge in [-0.05, 0) is 25.2 Å². The van der Waals surface area contributed by atoms with Gasteiger partial charge in [0, 0.05) is 25.5 Å². The zero-order chi connectivity index (χ0) is 14.5. The summed E-state index contributed by atoms with van der Waals surface area (Å²) in [6.45, 7) is 3.89.